The Hall–Kier alpha value is -3.46. The lowest BCUT2D eigenvalue weighted by molar-refractivity contribution is -0.158. The number of rotatable bonds is 4. The molecule has 0 radical (unpaired) electrons. The molecular formula is C30H33ClFN3O5. The number of halogens is 2. The third-order valence-corrected chi connectivity index (χ3v) is 8.39. The normalized spacial score (nSPS) is 20.9. The van der Waals surface area contributed by atoms with Gasteiger partial charge in [-0.15, -0.1) is 0 Å². The quantitative estimate of drug-likeness (QED) is 0.428. The zero-order valence-electron chi connectivity index (χ0n) is 23.3. The summed E-state index contributed by atoms with van der Waals surface area (Å²) >= 11 is 5.88. The number of aromatic nitrogens is 1. The molecule has 1 saturated carbocycles. The van der Waals surface area contributed by atoms with Crippen molar-refractivity contribution in [2.75, 3.05) is 19.6 Å². The summed E-state index contributed by atoms with van der Waals surface area (Å²) in [7, 11) is 0. The Bertz CT molecular complexity index is 1530. The Balaban J connectivity index is 1.44. The highest BCUT2D eigenvalue weighted by molar-refractivity contribution is 6.30. The summed E-state index contributed by atoms with van der Waals surface area (Å²) in [5, 5.41) is 9.39. The van der Waals surface area contributed by atoms with E-state index in [2.05, 4.69) is 0 Å². The minimum Gasteiger partial charge on any atom is -0.481 e. The molecule has 8 nitrogen and oxygen atoms in total. The highest BCUT2D eigenvalue weighted by atomic mass is 35.5. The number of hydrogen-bond donors (Lipinski definition) is 1. The van der Waals surface area contributed by atoms with Crippen molar-refractivity contribution in [1.82, 2.24) is 14.8 Å². The van der Waals surface area contributed by atoms with Crippen LogP contribution >= 0.6 is 11.6 Å². The fraction of sp³-hybridized carbons (Fsp3) is 0.467. The summed E-state index contributed by atoms with van der Waals surface area (Å²) in [6.45, 7) is 10.7. The van der Waals surface area contributed by atoms with Crippen LogP contribution in [0.4, 0.5) is 4.39 Å². The van der Waals surface area contributed by atoms with Gasteiger partial charge in [-0.2, -0.15) is 0 Å². The standard InChI is InChI=1S/C30H33ClFN3O5/c1-29(2,3)19-13-22(16-6-9-20(31)21(32)12-16)33-23-14-24(40-25(19)23)27(37)35-11-10-34(15-30(35,4)5)26(36)17-7-8-18(17)28(38)39/h6,9,12-14,17-18H,7-8,10-11,15H2,1-5H3,(H,38,39)/t17-,18+/m1/s1. The topological polar surface area (TPSA) is 104 Å². The molecule has 1 aliphatic carbocycles. The number of carbonyl (C=O) groups excluding carboxylic acids is 2. The maximum Gasteiger partial charge on any atom is 0.307 e. The second-order valence-corrected chi connectivity index (χ2v) is 12.8. The highest BCUT2D eigenvalue weighted by Gasteiger charge is 2.46. The van der Waals surface area contributed by atoms with Gasteiger partial charge in [0.2, 0.25) is 5.91 Å². The molecule has 2 fully saturated rings. The maximum atomic E-state index is 14.2. The van der Waals surface area contributed by atoms with E-state index in [4.69, 9.17) is 21.0 Å². The van der Waals surface area contributed by atoms with Gasteiger partial charge in [0, 0.05) is 36.8 Å². The molecular weight excluding hydrogens is 537 g/mol. The van der Waals surface area contributed by atoms with Crippen LogP contribution in [0.1, 0.15) is 63.6 Å². The number of carboxylic acids is 1. The second-order valence-electron chi connectivity index (χ2n) is 12.4. The van der Waals surface area contributed by atoms with Crippen molar-refractivity contribution in [3.05, 3.63) is 52.5 Å². The maximum absolute atomic E-state index is 14.2. The smallest absolute Gasteiger partial charge is 0.307 e. The number of aliphatic carboxylic acids is 1. The van der Waals surface area contributed by atoms with E-state index in [0.29, 0.717) is 48.3 Å². The second kappa shape index (κ2) is 9.87. The summed E-state index contributed by atoms with van der Waals surface area (Å²) < 4.78 is 20.4. The van der Waals surface area contributed by atoms with Crippen LogP contribution in [-0.4, -0.2) is 62.8 Å². The molecule has 2 aromatic heterocycles. The molecule has 0 unspecified atom stereocenters. The van der Waals surface area contributed by atoms with E-state index in [9.17, 15) is 23.9 Å². The van der Waals surface area contributed by atoms with Crippen LogP contribution in [-0.2, 0) is 15.0 Å². The Morgan fingerprint density at radius 1 is 1.10 bits per heavy atom. The number of pyridine rings is 1. The fourth-order valence-electron chi connectivity index (χ4n) is 5.67. The average molecular weight is 570 g/mol. The highest BCUT2D eigenvalue weighted by Crippen LogP contribution is 2.38. The van der Waals surface area contributed by atoms with E-state index in [1.54, 1.807) is 21.9 Å². The van der Waals surface area contributed by atoms with E-state index >= 15 is 0 Å². The predicted molar refractivity (Wildman–Crippen MR) is 149 cm³/mol. The van der Waals surface area contributed by atoms with Gasteiger partial charge in [-0.1, -0.05) is 38.4 Å². The van der Waals surface area contributed by atoms with Crippen LogP contribution < -0.4 is 0 Å². The van der Waals surface area contributed by atoms with Crippen molar-refractivity contribution in [1.29, 1.82) is 0 Å². The monoisotopic (exact) mass is 569 g/mol. The van der Waals surface area contributed by atoms with Gasteiger partial charge in [0.15, 0.2) is 11.3 Å². The lowest BCUT2D eigenvalue weighted by Crippen LogP contribution is -2.63. The predicted octanol–water partition coefficient (Wildman–Crippen LogP) is 5.76. The third kappa shape index (κ3) is 4.96. The van der Waals surface area contributed by atoms with Gasteiger partial charge in [0.25, 0.3) is 5.91 Å². The summed E-state index contributed by atoms with van der Waals surface area (Å²) in [6, 6.07) is 7.98. The fourth-order valence-corrected chi connectivity index (χ4v) is 5.78. The van der Waals surface area contributed by atoms with Crippen molar-refractivity contribution < 1.29 is 28.3 Å². The number of nitrogens with zero attached hydrogens (tertiary/aromatic N) is 3. The number of furan rings is 1. The summed E-state index contributed by atoms with van der Waals surface area (Å²) in [6.07, 6.45) is 1.08. The first-order valence-corrected chi connectivity index (χ1v) is 13.8. The van der Waals surface area contributed by atoms with Crippen LogP contribution in [0.5, 0.6) is 0 Å². The Morgan fingerprint density at radius 3 is 2.38 bits per heavy atom. The minimum absolute atomic E-state index is 0.0240. The summed E-state index contributed by atoms with van der Waals surface area (Å²) in [4.78, 5) is 46.3. The molecule has 1 N–H and O–H groups in total. The number of carbonyl (C=O) groups is 3. The van der Waals surface area contributed by atoms with E-state index in [1.807, 2.05) is 40.7 Å². The SMILES string of the molecule is CC(C)(C)c1cc(-c2ccc(Cl)c(F)c2)nc2cc(C(=O)N3CCN(C(=O)[C@@H]4CC[C@@H]4C(=O)O)CC3(C)C)oc12. The first kappa shape index (κ1) is 28.1. The molecule has 2 atom stereocenters. The largest absolute Gasteiger partial charge is 0.481 e. The third-order valence-electron chi connectivity index (χ3n) is 8.08. The van der Waals surface area contributed by atoms with Gasteiger partial charge in [0.1, 0.15) is 11.3 Å². The van der Waals surface area contributed by atoms with Crippen LogP contribution in [0.15, 0.2) is 34.7 Å². The van der Waals surface area contributed by atoms with Gasteiger partial charge in [-0.3, -0.25) is 14.4 Å². The van der Waals surface area contributed by atoms with Crippen molar-refractivity contribution in [2.24, 2.45) is 11.8 Å². The van der Waals surface area contributed by atoms with Crippen LogP contribution in [0.25, 0.3) is 22.4 Å². The average Bonchev–Trinajstić information content (AvgIpc) is 3.26. The van der Waals surface area contributed by atoms with Crippen LogP contribution in [0, 0.1) is 17.7 Å². The number of piperazine rings is 1. The zero-order chi connectivity index (χ0) is 29.1. The van der Waals surface area contributed by atoms with Gasteiger partial charge < -0.3 is 19.3 Å². The molecule has 5 rings (SSSR count). The number of hydrogen-bond acceptors (Lipinski definition) is 5. The van der Waals surface area contributed by atoms with E-state index < -0.39 is 29.2 Å². The van der Waals surface area contributed by atoms with Gasteiger partial charge in [0.05, 0.1) is 28.1 Å². The van der Waals surface area contributed by atoms with Crippen LogP contribution in [0.2, 0.25) is 5.02 Å². The van der Waals surface area contributed by atoms with Gasteiger partial charge >= 0.3 is 5.97 Å². The lowest BCUT2D eigenvalue weighted by atomic mass is 9.72. The molecule has 3 aromatic rings. The van der Waals surface area contributed by atoms with Crippen molar-refractivity contribution in [2.45, 2.75) is 58.4 Å². The minimum atomic E-state index is -0.935. The number of benzene rings is 1. The van der Waals surface area contributed by atoms with Gasteiger partial charge in [-0.25, -0.2) is 9.37 Å². The molecule has 212 valence electrons. The summed E-state index contributed by atoms with van der Waals surface area (Å²) in [5.74, 6) is -2.97. The Kier molecular flexibility index (Phi) is 6.93. The molecule has 2 aliphatic rings. The molecule has 3 heterocycles. The number of fused-ring (bicyclic) bond motifs is 1. The molecule has 0 spiro atoms. The zero-order valence-corrected chi connectivity index (χ0v) is 24.0. The van der Waals surface area contributed by atoms with Crippen molar-refractivity contribution in [3.63, 3.8) is 0 Å². The van der Waals surface area contributed by atoms with E-state index in [-0.39, 0.29) is 34.6 Å². The molecule has 2 amide bonds. The van der Waals surface area contributed by atoms with E-state index in [1.165, 1.54) is 12.1 Å². The Labute approximate surface area is 237 Å². The molecule has 10 heteroatoms. The Morgan fingerprint density at radius 2 is 1.80 bits per heavy atom. The van der Waals surface area contributed by atoms with Crippen molar-refractivity contribution in [3.8, 4) is 11.3 Å². The molecule has 1 aliphatic heterocycles. The van der Waals surface area contributed by atoms with Gasteiger partial charge in [-0.05, 0) is 50.3 Å². The first-order valence-electron chi connectivity index (χ1n) is 13.4. The number of amides is 2. The summed E-state index contributed by atoms with van der Waals surface area (Å²) in [5.41, 5.74) is 1.82. The lowest BCUT2D eigenvalue weighted by Gasteiger charge is -2.48. The number of carboxylic acid groups (broad SMARTS) is 1. The first-order chi connectivity index (χ1) is 18.7. The molecule has 1 saturated heterocycles. The molecule has 0 bridgehead atoms. The molecule has 1 aromatic carbocycles. The molecule has 40 heavy (non-hydrogen) atoms. The van der Waals surface area contributed by atoms with E-state index in [0.717, 1.165) is 5.56 Å². The van der Waals surface area contributed by atoms with Crippen molar-refractivity contribution >= 4 is 40.5 Å². The van der Waals surface area contributed by atoms with Crippen LogP contribution in [0.3, 0.4) is 0 Å².